The number of esters is 1. The lowest BCUT2D eigenvalue weighted by molar-refractivity contribution is -0.137. The minimum absolute atomic E-state index is 0.219. The van der Waals surface area contributed by atoms with Gasteiger partial charge >= 0.3 is 5.97 Å². The number of carbonyl (C=O) groups excluding carboxylic acids is 2. The Balaban J connectivity index is 2.31. The van der Waals surface area contributed by atoms with Crippen molar-refractivity contribution in [3.05, 3.63) is 33.3 Å². The molecule has 0 bridgehead atoms. The molecule has 1 aromatic carbocycles. The summed E-state index contributed by atoms with van der Waals surface area (Å²) in [5, 5.41) is 0. The van der Waals surface area contributed by atoms with Crippen molar-refractivity contribution in [2.45, 2.75) is 26.2 Å². The van der Waals surface area contributed by atoms with Crippen LogP contribution in [0.15, 0.2) is 16.6 Å². The van der Waals surface area contributed by atoms with E-state index in [1.54, 1.807) is 13.0 Å². The lowest BCUT2D eigenvalue weighted by atomic mass is 10.0. The van der Waals surface area contributed by atoms with E-state index in [0.29, 0.717) is 5.56 Å². The number of rotatable bonds is 3. The van der Waals surface area contributed by atoms with E-state index in [2.05, 4.69) is 15.9 Å². The van der Waals surface area contributed by atoms with E-state index in [4.69, 9.17) is 4.74 Å². The van der Waals surface area contributed by atoms with Crippen LogP contribution < -0.4 is 0 Å². The SMILES string of the molecule is CCOC(=O)C(=O)c1cc(Br)c2c(c1)CCC2. The second kappa shape index (κ2) is 5.00. The third kappa shape index (κ3) is 2.41. The minimum atomic E-state index is -0.780. The first-order valence-corrected chi connectivity index (χ1v) is 6.45. The Morgan fingerprint density at radius 2 is 2.12 bits per heavy atom. The Morgan fingerprint density at radius 1 is 1.35 bits per heavy atom. The monoisotopic (exact) mass is 296 g/mol. The number of hydrogen-bond acceptors (Lipinski definition) is 3. The first-order chi connectivity index (χ1) is 8.13. The topological polar surface area (TPSA) is 43.4 Å². The van der Waals surface area contributed by atoms with Crippen molar-refractivity contribution in [2.75, 3.05) is 6.61 Å². The van der Waals surface area contributed by atoms with Gasteiger partial charge < -0.3 is 4.74 Å². The molecular weight excluding hydrogens is 284 g/mol. The lowest BCUT2D eigenvalue weighted by Crippen LogP contribution is -2.17. The van der Waals surface area contributed by atoms with Crippen LogP contribution in [0.25, 0.3) is 0 Å². The Kier molecular flexibility index (Phi) is 3.62. The third-order valence-corrected chi connectivity index (χ3v) is 3.59. The second-order valence-electron chi connectivity index (χ2n) is 4.00. The van der Waals surface area contributed by atoms with Crippen LogP contribution in [0.1, 0.15) is 34.8 Å². The average molecular weight is 297 g/mol. The van der Waals surface area contributed by atoms with Gasteiger partial charge in [-0.05, 0) is 49.4 Å². The first-order valence-electron chi connectivity index (χ1n) is 5.66. The molecule has 0 heterocycles. The van der Waals surface area contributed by atoms with E-state index in [-0.39, 0.29) is 6.61 Å². The molecule has 2 rings (SSSR count). The van der Waals surface area contributed by atoms with Gasteiger partial charge in [0.05, 0.1) is 6.61 Å². The second-order valence-corrected chi connectivity index (χ2v) is 4.85. The smallest absolute Gasteiger partial charge is 0.379 e. The summed E-state index contributed by atoms with van der Waals surface area (Å²) in [6, 6.07) is 3.52. The van der Waals surface area contributed by atoms with Gasteiger partial charge in [0, 0.05) is 10.0 Å². The van der Waals surface area contributed by atoms with Gasteiger partial charge in [-0.1, -0.05) is 15.9 Å². The van der Waals surface area contributed by atoms with Crippen LogP contribution in [-0.4, -0.2) is 18.4 Å². The number of halogens is 1. The van der Waals surface area contributed by atoms with Crippen LogP contribution in [0, 0.1) is 0 Å². The Hall–Kier alpha value is -1.16. The van der Waals surface area contributed by atoms with Gasteiger partial charge in [0.15, 0.2) is 0 Å². The highest BCUT2D eigenvalue weighted by Gasteiger charge is 2.22. The molecule has 0 fully saturated rings. The highest BCUT2D eigenvalue weighted by Crippen LogP contribution is 2.30. The van der Waals surface area contributed by atoms with E-state index in [1.165, 1.54) is 5.56 Å². The Labute approximate surface area is 108 Å². The van der Waals surface area contributed by atoms with Gasteiger partial charge in [0.1, 0.15) is 0 Å². The van der Waals surface area contributed by atoms with E-state index in [9.17, 15) is 9.59 Å². The number of ketones is 1. The summed E-state index contributed by atoms with van der Waals surface area (Å²) in [6.07, 6.45) is 3.10. The maximum atomic E-state index is 11.8. The summed E-state index contributed by atoms with van der Waals surface area (Å²) in [4.78, 5) is 23.2. The van der Waals surface area contributed by atoms with Gasteiger partial charge in [-0.15, -0.1) is 0 Å². The zero-order valence-electron chi connectivity index (χ0n) is 9.59. The van der Waals surface area contributed by atoms with Crippen molar-refractivity contribution >= 4 is 27.7 Å². The van der Waals surface area contributed by atoms with Crippen molar-refractivity contribution in [1.82, 2.24) is 0 Å². The summed E-state index contributed by atoms with van der Waals surface area (Å²) in [6.45, 7) is 1.90. The van der Waals surface area contributed by atoms with Crippen molar-refractivity contribution in [3.63, 3.8) is 0 Å². The molecule has 4 heteroatoms. The van der Waals surface area contributed by atoms with Crippen molar-refractivity contribution in [1.29, 1.82) is 0 Å². The average Bonchev–Trinajstić information content (AvgIpc) is 2.77. The summed E-state index contributed by atoms with van der Waals surface area (Å²) < 4.78 is 5.63. The molecule has 1 aliphatic carbocycles. The van der Waals surface area contributed by atoms with Crippen molar-refractivity contribution in [2.24, 2.45) is 0 Å². The molecule has 1 aromatic rings. The molecule has 0 N–H and O–H groups in total. The number of aryl methyl sites for hydroxylation is 1. The van der Waals surface area contributed by atoms with Gasteiger partial charge in [-0.2, -0.15) is 0 Å². The fourth-order valence-corrected chi connectivity index (χ4v) is 2.80. The molecule has 0 saturated carbocycles. The quantitative estimate of drug-likeness (QED) is 0.489. The van der Waals surface area contributed by atoms with Crippen LogP contribution in [0.3, 0.4) is 0 Å². The molecule has 0 spiro atoms. The summed E-state index contributed by atoms with van der Waals surface area (Å²) in [5.41, 5.74) is 2.83. The summed E-state index contributed by atoms with van der Waals surface area (Å²) >= 11 is 3.45. The first kappa shape index (κ1) is 12.3. The third-order valence-electron chi connectivity index (χ3n) is 2.88. The van der Waals surface area contributed by atoms with E-state index < -0.39 is 11.8 Å². The zero-order chi connectivity index (χ0) is 12.4. The minimum Gasteiger partial charge on any atom is -0.460 e. The Morgan fingerprint density at radius 3 is 2.82 bits per heavy atom. The molecule has 17 heavy (non-hydrogen) atoms. The number of ether oxygens (including phenoxy) is 1. The highest BCUT2D eigenvalue weighted by molar-refractivity contribution is 9.10. The normalized spacial score (nSPS) is 13.3. The molecular formula is C13H13BrO3. The number of Topliss-reactive ketones (excluding diaryl/α,β-unsaturated/α-hetero) is 1. The summed E-state index contributed by atoms with van der Waals surface area (Å²) in [7, 11) is 0. The van der Waals surface area contributed by atoms with Crippen molar-refractivity contribution < 1.29 is 14.3 Å². The van der Waals surface area contributed by atoms with Gasteiger partial charge in [0.25, 0.3) is 5.78 Å². The zero-order valence-corrected chi connectivity index (χ0v) is 11.2. The molecule has 90 valence electrons. The van der Waals surface area contributed by atoms with Crippen LogP contribution in [0.5, 0.6) is 0 Å². The highest BCUT2D eigenvalue weighted by atomic mass is 79.9. The molecule has 0 amide bonds. The van der Waals surface area contributed by atoms with Crippen molar-refractivity contribution in [3.8, 4) is 0 Å². The Bertz CT molecular complexity index is 480. The predicted octanol–water partition coefficient (Wildman–Crippen LogP) is 2.68. The fraction of sp³-hybridized carbons (Fsp3) is 0.385. The van der Waals surface area contributed by atoms with E-state index in [1.807, 2.05) is 6.07 Å². The van der Waals surface area contributed by atoms with E-state index >= 15 is 0 Å². The van der Waals surface area contributed by atoms with Crippen LogP contribution in [0.2, 0.25) is 0 Å². The fourth-order valence-electron chi connectivity index (χ4n) is 2.10. The molecule has 3 nitrogen and oxygen atoms in total. The largest absolute Gasteiger partial charge is 0.460 e. The molecule has 1 aliphatic rings. The van der Waals surface area contributed by atoms with Crippen LogP contribution >= 0.6 is 15.9 Å². The number of benzene rings is 1. The van der Waals surface area contributed by atoms with Gasteiger partial charge in [-0.3, -0.25) is 4.79 Å². The van der Waals surface area contributed by atoms with Gasteiger partial charge in [0.2, 0.25) is 0 Å². The predicted molar refractivity (Wildman–Crippen MR) is 67.1 cm³/mol. The molecule has 0 unspecified atom stereocenters. The maximum absolute atomic E-state index is 11.8. The van der Waals surface area contributed by atoms with Crippen LogP contribution in [-0.2, 0) is 22.4 Å². The molecule has 0 aromatic heterocycles. The lowest BCUT2D eigenvalue weighted by Gasteiger charge is -2.06. The molecule has 0 aliphatic heterocycles. The molecule has 0 atom stereocenters. The number of fused-ring (bicyclic) bond motifs is 1. The summed E-state index contributed by atoms with van der Waals surface area (Å²) in [5.74, 6) is -1.35. The number of carbonyl (C=O) groups is 2. The van der Waals surface area contributed by atoms with E-state index in [0.717, 1.165) is 29.3 Å². The molecule has 0 saturated heterocycles. The standard InChI is InChI=1S/C13H13BrO3/c1-2-17-13(16)12(15)9-6-8-4-3-5-10(8)11(14)7-9/h6-7H,2-5H2,1H3. The van der Waals surface area contributed by atoms with Crippen LogP contribution in [0.4, 0.5) is 0 Å². The van der Waals surface area contributed by atoms with Gasteiger partial charge in [-0.25, -0.2) is 4.79 Å². The number of hydrogen-bond donors (Lipinski definition) is 0. The maximum Gasteiger partial charge on any atom is 0.379 e. The molecule has 0 radical (unpaired) electrons.